The number of amides is 1. The Morgan fingerprint density at radius 3 is 2.25 bits per heavy atom. The van der Waals surface area contributed by atoms with Gasteiger partial charge in [-0.1, -0.05) is 29.8 Å². The molecule has 2 heterocycles. The van der Waals surface area contributed by atoms with E-state index in [4.69, 9.17) is 4.74 Å². The Morgan fingerprint density at radius 2 is 1.62 bits per heavy atom. The minimum Gasteiger partial charge on any atom is -0.494 e. The molecule has 7 heteroatoms. The zero-order valence-electron chi connectivity index (χ0n) is 18.9. The predicted molar refractivity (Wildman–Crippen MR) is 124 cm³/mol. The summed E-state index contributed by atoms with van der Waals surface area (Å²) < 4.78 is 33.0. The van der Waals surface area contributed by atoms with Crippen molar-refractivity contribution in [2.45, 2.75) is 50.5 Å². The van der Waals surface area contributed by atoms with E-state index in [1.165, 1.54) is 4.31 Å². The largest absolute Gasteiger partial charge is 0.494 e. The van der Waals surface area contributed by atoms with Gasteiger partial charge in [0.15, 0.2) is 0 Å². The average molecular weight is 457 g/mol. The lowest BCUT2D eigenvalue weighted by Gasteiger charge is -2.34. The lowest BCUT2D eigenvalue weighted by atomic mass is 9.95. The molecule has 1 atom stereocenters. The Hall–Kier alpha value is -2.38. The van der Waals surface area contributed by atoms with Gasteiger partial charge in [0.2, 0.25) is 15.9 Å². The smallest absolute Gasteiger partial charge is 0.243 e. The molecule has 2 aromatic rings. The van der Waals surface area contributed by atoms with Crippen LogP contribution in [0, 0.1) is 12.8 Å². The van der Waals surface area contributed by atoms with Gasteiger partial charge in [0.25, 0.3) is 0 Å². The first-order chi connectivity index (χ1) is 15.4. The van der Waals surface area contributed by atoms with Crippen LogP contribution in [0.2, 0.25) is 0 Å². The summed E-state index contributed by atoms with van der Waals surface area (Å²) in [6, 6.07) is 15.1. The van der Waals surface area contributed by atoms with E-state index >= 15 is 0 Å². The van der Waals surface area contributed by atoms with E-state index in [9.17, 15) is 13.2 Å². The van der Waals surface area contributed by atoms with E-state index in [1.54, 1.807) is 12.1 Å². The second kappa shape index (κ2) is 9.63. The summed E-state index contributed by atoms with van der Waals surface area (Å²) in [7, 11) is -3.51. The molecular formula is C25H32N2O4S. The van der Waals surface area contributed by atoms with Gasteiger partial charge in [-0.3, -0.25) is 4.79 Å². The lowest BCUT2D eigenvalue weighted by molar-refractivity contribution is -0.137. The Bertz CT molecular complexity index is 1030. The van der Waals surface area contributed by atoms with Crippen molar-refractivity contribution in [1.82, 2.24) is 9.21 Å². The number of rotatable bonds is 6. The molecule has 6 nitrogen and oxygen atoms in total. The Labute approximate surface area is 191 Å². The van der Waals surface area contributed by atoms with E-state index in [0.29, 0.717) is 37.4 Å². The second-order valence-corrected chi connectivity index (χ2v) is 10.6. The van der Waals surface area contributed by atoms with E-state index in [-0.39, 0.29) is 17.9 Å². The molecule has 0 unspecified atom stereocenters. The van der Waals surface area contributed by atoms with Crippen LogP contribution in [0.1, 0.15) is 49.8 Å². The lowest BCUT2D eigenvalue weighted by Crippen LogP contribution is -2.44. The molecule has 0 aliphatic carbocycles. The quantitative estimate of drug-likeness (QED) is 0.655. The van der Waals surface area contributed by atoms with Gasteiger partial charge >= 0.3 is 0 Å². The fourth-order valence-electron chi connectivity index (χ4n) is 4.77. The number of sulfonamides is 1. The normalized spacial score (nSPS) is 20.4. The number of carbonyl (C=O) groups excluding carboxylic acids is 1. The highest BCUT2D eigenvalue weighted by molar-refractivity contribution is 7.89. The maximum absolute atomic E-state index is 13.4. The molecule has 0 aromatic heterocycles. The zero-order valence-corrected chi connectivity index (χ0v) is 19.7. The van der Waals surface area contributed by atoms with Crippen molar-refractivity contribution in [3.05, 3.63) is 59.7 Å². The number of aryl methyl sites for hydroxylation is 1. The standard InChI is InChI=1S/C25H32N2O4S/c1-3-31-22-10-8-20(9-11-22)24-5-4-16-27(24)25(28)21-14-17-26(18-15-21)32(29,30)23-12-6-19(2)7-13-23/h6-13,21,24H,3-5,14-18H2,1-2H3/t24-/m1/s1. The summed E-state index contributed by atoms with van der Waals surface area (Å²) in [6.45, 7) is 6.06. The average Bonchev–Trinajstić information content (AvgIpc) is 3.30. The summed E-state index contributed by atoms with van der Waals surface area (Å²) in [5, 5.41) is 0. The summed E-state index contributed by atoms with van der Waals surface area (Å²) in [4.78, 5) is 15.7. The van der Waals surface area contributed by atoms with Crippen molar-refractivity contribution < 1.29 is 17.9 Å². The molecule has 0 N–H and O–H groups in total. The molecule has 0 spiro atoms. The number of carbonyl (C=O) groups is 1. The van der Waals surface area contributed by atoms with Gasteiger partial charge in [-0.2, -0.15) is 4.31 Å². The van der Waals surface area contributed by atoms with Gasteiger partial charge in [-0.05, 0) is 69.4 Å². The van der Waals surface area contributed by atoms with Crippen molar-refractivity contribution in [1.29, 1.82) is 0 Å². The highest BCUT2D eigenvalue weighted by Gasteiger charge is 2.37. The predicted octanol–water partition coefficient (Wildman–Crippen LogP) is 4.16. The molecular weight excluding hydrogens is 424 g/mol. The molecule has 0 bridgehead atoms. The Morgan fingerprint density at radius 1 is 0.969 bits per heavy atom. The third-order valence-corrected chi connectivity index (χ3v) is 8.49. The maximum Gasteiger partial charge on any atom is 0.243 e. The van der Waals surface area contributed by atoms with Crippen LogP contribution in [-0.4, -0.2) is 49.8 Å². The second-order valence-electron chi connectivity index (χ2n) is 8.68. The van der Waals surface area contributed by atoms with Crippen molar-refractivity contribution >= 4 is 15.9 Å². The van der Waals surface area contributed by atoms with Gasteiger partial charge in [0, 0.05) is 25.6 Å². The van der Waals surface area contributed by atoms with Crippen molar-refractivity contribution in [3.8, 4) is 5.75 Å². The maximum atomic E-state index is 13.4. The molecule has 1 amide bonds. The number of likely N-dealkylation sites (tertiary alicyclic amines) is 1. The first kappa shape index (κ1) is 22.8. The van der Waals surface area contributed by atoms with Gasteiger partial charge in [0.1, 0.15) is 5.75 Å². The molecule has 4 rings (SSSR count). The van der Waals surface area contributed by atoms with Crippen LogP contribution in [0.15, 0.2) is 53.4 Å². The molecule has 32 heavy (non-hydrogen) atoms. The minimum atomic E-state index is -3.51. The SMILES string of the molecule is CCOc1ccc([C@H]2CCCN2C(=O)C2CCN(S(=O)(=O)c3ccc(C)cc3)CC2)cc1. The fraction of sp³-hybridized carbons (Fsp3) is 0.480. The highest BCUT2D eigenvalue weighted by atomic mass is 32.2. The molecule has 2 saturated heterocycles. The Balaban J connectivity index is 1.39. The van der Waals surface area contributed by atoms with Gasteiger partial charge in [-0.25, -0.2) is 8.42 Å². The fourth-order valence-corrected chi connectivity index (χ4v) is 6.24. The summed E-state index contributed by atoms with van der Waals surface area (Å²) in [5.74, 6) is 0.880. The number of hydrogen-bond donors (Lipinski definition) is 0. The zero-order chi connectivity index (χ0) is 22.7. The molecule has 2 aliphatic heterocycles. The molecule has 0 radical (unpaired) electrons. The Kier molecular flexibility index (Phi) is 6.86. The van der Waals surface area contributed by atoms with Crippen LogP contribution in [-0.2, 0) is 14.8 Å². The number of nitrogens with zero attached hydrogens (tertiary/aromatic N) is 2. The summed E-state index contributed by atoms with van der Waals surface area (Å²) >= 11 is 0. The molecule has 2 fully saturated rings. The van der Waals surface area contributed by atoms with Crippen LogP contribution < -0.4 is 4.74 Å². The van der Waals surface area contributed by atoms with E-state index in [0.717, 1.165) is 36.3 Å². The highest BCUT2D eigenvalue weighted by Crippen LogP contribution is 2.35. The molecule has 2 aromatic carbocycles. The van der Waals surface area contributed by atoms with Gasteiger partial charge < -0.3 is 9.64 Å². The minimum absolute atomic E-state index is 0.0903. The first-order valence-corrected chi connectivity index (χ1v) is 12.9. The van der Waals surface area contributed by atoms with E-state index in [1.807, 2.05) is 43.0 Å². The van der Waals surface area contributed by atoms with Gasteiger partial charge in [0.05, 0.1) is 17.5 Å². The van der Waals surface area contributed by atoms with E-state index < -0.39 is 10.0 Å². The molecule has 0 saturated carbocycles. The van der Waals surface area contributed by atoms with Gasteiger partial charge in [-0.15, -0.1) is 0 Å². The third-order valence-electron chi connectivity index (χ3n) is 6.57. The van der Waals surface area contributed by atoms with Crippen LogP contribution in [0.4, 0.5) is 0 Å². The number of ether oxygens (including phenoxy) is 1. The van der Waals surface area contributed by atoms with Crippen LogP contribution in [0.3, 0.4) is 0 Å². The monoisotopic (exact) mass is 456 g/mol. The summed E-state index contributed by atoms with van der Waals surface area (Å²) in [5.41, 5.74) is 2.17. The number of piperidine rings is 1. The van der Waals surface area contributed by atoms with Crippen LogP contribution in [0.5, 0.6) is 5.75 Å². The topological polar surface area (TPSA) is 66.9 Å². The van der Waals surface area contributed by atoms with Crippen LogP contribution >= 0.6 is 0 Å². The molecule has 2 aliphatic rings. The van der Waals surface area contributed by atoms with Crippen molar-refractivity contribution in [2.24, 2.45) is 5.92 Å². The van der Waals surface area contributed by atoms with Crippen molar-refractivity contribution in [2.75, 3.05) is 26.2 Å². The van der Waals surface area contributed by atoms with E-state index in [2.05, 4.69) is 12.1 Å². The van der Waals surface area contributed by atoms with Crippen LogP contribution in [0.25, 0.3) is 0 Å². The molecule has 172 valence electrons. The summed E-state index contributed by atoms with van der Waals surface area (Å²) in [6.07, 6.45) is 3.08. The van der Waals surface area contributed by atoms with Crippen molar-refractivity contribution in [3.63, 3.8) is 0 Å². The number of hydrogen-bond acceptors (Lipinski definition) is 4. The first-order valence-electron chi connectivity index (χ1n) is 11.5. The number of benzene rings is 2. The third kappa shape index (κ3) is 4.69.